The summed E-state index contributed by atoms with van der Waals surface area (Å²) in [6.45, 7) is 0. The van der Waals surface area contributed by atoms with Crippen LogP contribution >= 0.6 is 0 Å². The Balaban J connectivity index is 1.39. The number of nitrogens with zero attached hydrogens (tertiary/aromatic N) is 5. The molecule has 0 atom stereocenters. The van der Waals surface area contributed by atoms with Crippen LogP contribution < -0.4 is 20.7 Å². The third-order valence-corrected chi connectivity index (χ3v) is 6.67. The first kappa shape index (κ1) is 24.2. The number of nitrogens with one attached hydrogen (secondary N) is 2. The van der Waals surface area contributed by atoms with Crippen molar-refractivity contribution in [1.29, 1.82) is 0 Å². The molecule has 12 heteroatoms. The molecule has 2 heterocycles. The molecule has 0 saturated heterocycles. The van der Waals surface area contributed by atoms with Crippen LogP contribution in [-0.2, 0) is 17.1 Å². The van der Waals surface area contributed by atoms with E-state index in [0.29, 0.717) is 23.4 Å². The lowest BCUT2D eigenvalue weighted by molar-refractivity contribution is 0.598. The third kappa shape index (κ3) is 5.20. The number of halogens is 1. The molecule has 0 bridgehead atoms. The van der Waals surface area contributed by atoms with E-state index in [4.69, 9.17) is 10.1 Å². The molecule has 3 aromatic carbocycles. The minimum absolute atomic E-state index is 0.0114. The van der Waals surface area contributed by atoms with Gasteiger partial charge in [0.25, 0.3) is 0 Å². The molecule has 0 fully saturated rings. The van der Waals surface area contributed by atoms with E-state index in [9.17, 15) is 12.8 Å². The second-order valence-electron chi connectivity index (χ2n) is 8.29. The first-order chi connectivity index (χ1) is 17.7. The van der Waals surface area contributed by atoms with Crippen molar-refractivity contribution < 1.29 is 12.8 Å². The maximum atomic E-state index is 13.2. The number of rotatable bonds is 7. The average molecular weight is 519 g/mol. The Morgan fingerprint density at radius 2 is 1.73 bits per heavy atom. The predicted octanol–water partition coefficient (Wildman–Crippen LogP) is 4.40. The fourth-order valence-corrected chi connectivity index (χ4v) is 4.34. The van der Waals surface area contributed by atoms with Crippen molar-refractivity contribution in [3.8, 4) is 0 Å². The van der Waals surface area contributed by atoms with Gasteiger partial charge in [-0.05, 0) is 66.7 Å². The second kappa shape index (κ2) is 9.48. The summed E-state index contributed by atoms with van der Waals surface area (Å²) in [5.74, 6) is 1.22. The number of benzene rings is 3. The number of sulfonamides is 1. The molecule has 0 aliphatic heterocycles. The van der Waals surface area contributed by atoms with Gasteiger partial charge in [0, 0.05) is 37.4 Å². The SMILES string of the molecule is CN(c1ccc2c(c1)nc(Nc1ccc(F)cc1)n2C)c1ccnc(Nc2cccc(S(N)(=O)=O)c2)n1. The molecule has 0 spiro atoms. The zero-order chi connectivity index (χ0) is 26.2. The van der Waals surface area contributed by atoms with E-state index in [-0.39, 0.29) is 10.7 Å². The molecule has 4 N–H and O–H groups in total. The van der Waals surface area contributed by atoms with Crippen LogP contribution in [0.1, 0.15) is 0 Å². The molecular formula is C25H23FN8O2S. The van der Waals surface area contributed by atoms with Crippen molar-refractivity contribution in [2.24, 2.45) is 12.2 Å². The van der Waals surface area contributed by atoms with Gasteiger partial charge in [-0.3, -0.25) is 0 Å². The van der Waals surface area contributed by atoms with Gasteiger partial charge >= 0.3 is 0 Å². The smallest absolute Gasteiger partial charge is 0.238 e. The molecule has 0 aliphatic rings. The fraction of sp³-hybridized carbons (Fsp3) is 0.0800. The van der Waals surface area contributed by atoms with Crippen molar-refractivity contribution in [2.45, 2.75) is 4.90 Å². The lowest BCUT2D eigenvalue weighted by Crippen LogP contribution is -2.13. The molecule has 0 amide bonds. The molecule has 0 unspecified atom stereocenters. The highest BCUT2D eigenvalue weighted by Crippen LogP contribution is 2.29. The molecule has 37 heavy (non-hydrogen) atoms. The summed E-state index contributed by atoms with van der Waals surface area (Å²) in [6, 6.07) is 19.8. The van der Waals surface area contributed by atoms with Crippen LogP contribution in [0.25, 0.3) is 11.0 Å². The first-order valence-corrected chi connectivity index (χ1v) is 12.7. The Bertz CT molecular complexity index is 1700. The molecule has 5 aromatic rings. The van der Waals surface area contributed by atoms with Crippen molar-refractivity contribution in [3.05, 3.63) is 84.8 Å². The van der Waals surface area contributed by atoms with E-state index in [0.717, 1.165) is 22.4 Å². The Morgan fingerprint density at radius 1 is 0.946 bits per heavy atom. The average Bonchev–Trinajstić information content (AvgIpc) is 3.19. The Labute approximate surface area is 212 Å². The zero-order valence-electron chi connectivity index (χ0n) is 19.9. The lowest BCUT2D eigenvalue weighted by atomic mass is 10.2. The summed E-state index contributed by atoms with van der Waals surface area (Å²) in [5.41, 5.74) is 3.75. The number of hydrogen-bond acceptors (Lipinski definition) is 8. The van der Waals surface area contributed by atoms with E-state index in [1.54, 1.807) is 36.5 Å². The van der Waals surface area contributed by atoms with Crippen molar-refractivity contribution in [3.63, 3.8) is 0 Å². The summed E-state index contributed by atoms with van der Waals surface area (Å²) >= 11 is 0. The van der Waals surface area contributed by atoms with E-state index in [1.807, 2.05) is 41.8 Å². The van der Waals surface area contributed by atoms with Crippen LogP contribution in [0.5, 0.6) is 0 Å². The summed E-state index contributed by atoms with van der Waals surface area (Å²) in [5, 5.41) is 11.4. The number of aryl methyl sites for hydroxylation is 1. The summed E-state index contributed by atoms with van der Waals surface area (Å²) in [6.07, 6.45) is 1.61. The normalized spacial score (nSPS) is 11.5. The van der Waals surface area contributed by atoms with E-state index in [2.05, 4.69) is 20.6 Å². The third-order valence-electron chi connectivity index (χ3n) is 5.76. The van der Waals surface area contributed by atoms with Gasteiger partial charge in [0.15, 0.2) is 0 Å². The van der Waals surface area contributed by atoms with E-state index in [1.165, 1.54) is 24.3 Å². The molecule has 2 aromatic heterocycles. The summed E-state index contributed by atoms with van der Waals surface area (Å²) < 4.78 is 38.4. The predicted molar refractivity (Wildman–Crippen MR) is 142 cm³/mol. The standard InChI is InChI=1S/C25H23FN8O2S/c1-33(23-12-13-28-24(32-23)29-18-4-3-5-20(14-18)37(27,35)36)19-10-11-22-21(15-19)31-25(34(22)2)30-17-8-6-16(26)7-9-17/h3-15H,1-2H3,(H,30,31)(H2,27,35,36)(H,28,29,32). The number of primary sulfonamides is 1. The number of hydrogen-bond donors (Lipinski definition) is 3. The maximum Gasteiger partial charge on any atom is 0.238 e. The van der Waals surface area contributed by atoms with E-state index >= 15 is 0 Å². The monoisotopic (exact) mass is 518 g/mol. The Kier molecular flexibility index (Phi) is 6.19. The molecule has 5 rings (SSSR count). The summed E-state index contributed by atoms with van der Waals surface area (Å²) in [4.78, 5) is 15.4. The van der Waals surface area contributed by atoms with E-state index < -0.39 is 10.0 Å². The van der Waals surface area contributed by atoms with Crippen molar-refractivity contribution >= 4 is 55.8 Å². The van der Waals surface area contributed by atoms with Crippen LogP contribution in [0.15, 0.2) is 83.9 Å². The molecule has 10 nitrogen and oxygen atoms in total. The minimum atomic E-state index is -3.83. The highest BCUT2D eigenvalue weighted by atomic mass is 32.2. The number of aromatic nitrogens is 4. The second-order valence-corrected chi connectivity index (χ2v) is 9.86. The maximum absolute atomic E-state index is 13.2. The van der Waals surface area contributed by atoms with Gasteiger partial charge in [0.05, 0.1) is 15.9 Å². The summed E-state index contributed by atoms with van der Waals surface area (Å²) in [7, 11) is -0.0592. The van der Waals surface area contributed by atoms with Crippen molar-refractivity contribution in [1.82, 2.24) is 19.5 Å². The van der Waals surface area contributed by atoms with Gasteiger partial charge in [-0.25, -0.2) is 27.9 Å². The minimum Gasteiger partial charge on any atom is -0.329 e. The largest absolute Gasteiger partial charge is 0.329 e. The van der Waals surface area contributed by atoms with Gasteiger partial charge in [-0.15, -0.1) is 0 Å². The number of anilines is 6. The van der Waals surface area contributed by atoms with Gasteiger partial charge in [0.1, 0.15) is 11.6 Å². The Morgan fingerprint density at radius 3 is 2.49 bits per heavy atom. The van der Waals surface area contributed by atoms with Crippen LogP contribution in [0, 0.1) is 5.82 Å². The number of imidazole rings is 1. The zero-order valence-corrected chi connectivity index (χ0v) is 20.7. The molecule has 0 saturated carbocycles. The van der Waals surface area contributed by atoms with Crippen LogP contribution in [0.2, 0.25) is 0 Å². The van der Waals surface area contributed by atoms with Gasteiger partial charge in [-0.1, -0.05) is 6.07 Å². The highest BCUT2D eigenvalue weighted by molar-refractivity contribution is 7.89. The van der Waals surface area contributed by atoms with Crippen molar-refractivity contribution in [2.75, 3.05) is 22.6 Å². The van der Waals surface area contributed by atoms with Gasteiger partial charge in [-0.2, -0.15) is 4.98 Å². The molecular weight excluding hydrogens is 495 g/mol. The van der Waals surface area contributed by atoms with Crippen LogP contribution in [0.4, 0.5) is 39.2 Å². The first-order valence-electron chi connectivity index (χ1n) is 11.1. The molecule has 0 radical (unpaired) electrons. The van der Waals surface area contributed by atoms with Crippen LogP contribution in [-0.4, -0.2) is 35.0 Å². The topological polar surface area (TPSA) is 131 Å². The van der Waals surface area contributed by atoms with Gasteiger partial charge < -0.3 is 20.1 Å². The van der Waals surface area contributed by atoms with Crippen LogP contribution in [0.3, 0.4) is 0 Å². The lowest BCUT2D eigenvalue weighted by Gasteiger charge is -2.19. The molecule has 188 valence electrons. The quantitative estimate of drug-likeness (QED) is 0.289. The fourth-order valence-electron chi connectivity index (χ4n) is 3.78. The number of nitrogens with two attached hydrogens (primary N) is 1. The Hall–Kier alpha value is -4.55. The highest BCUT2D eigenvalue weighted by Gasteiger charge is 2.13. The van der Waals surface area contributed by atoms with Gasteiger partial charge in [0.2, 0.25) is 21.9 Å². The number of fused-ring (bicyclic) bond motifs is 1. The molecule has 0 aliphatic carbocycles.